The Morgan fingerprint density at radius 3 is 2.26 bits per heavy atom. The normalized spacial score (nSPS) is 22.8. The molecule has 0 aromatic heterocycles. The van der Waals surface area contributed by atoms with E-state index in [0.29, 0.717) is 6.54 Å². The van der Waals surface area contributed by atoms with Crippen molar-refractivity contribution in [2.24, 2.45) is 5.73 Å². The van der Waals surface area contributed by atoms with Crippen molar-refractivity contribution in [2.75, 3.05) is 26.7 Å². The maximum absolute atomic E-state index is 10.4. The molecule has 1 aliphatic rings. The number of likely N-dealkylation sites (N-methyl/N-ethyl adjacent to an activating group) is 1. The number of nitrogens with zero attached hydrogens (tertiary/aromatic N) is 1. The highest BCUT2D eigenvalue weighted by atomic mass is 16.6. The van der Waals surface area contributed by atoms with Crippen LogP contribution in [0.2, 0.25) is 0 Å². The van der Waals surface area contributed by atoms with Gasteiger partial charge in [0, 0.05) is 0 Å². The number of aliphatic hydroxyl groups is 3. The Morgan fingerprint density at radius 2 is 1.74 bits per heavy atom. The summed E-state index contributed by atoms with van der Waals surface area (Å²) in [6.07, 6.45) is -3.54. The monoisotopic (exact) mass is 379 g/mol. The molecular formula is C19H32BN2O5-. The molecule has 0 saturated carbocycles. The van der Waals surface area contributed by atoms with E-state index >= 15 is 0 Å². The SMILES string of the molecule is C[N-]C[C@H](O)[C@@H](O)[C@@H]1OB(c2c(C)c(C)c(CCN)c(C)c2C)OC[C@H]1O. The maximum atomic E-state index is 10.4. The molecule has 0 radical (unpaired) electrons. The van der Waals surface area contributed by atoms with Crippen molar-refractivity contribution in [3.8, 4) is 0 Å². The minimum atomic E-state index is -1.26. The van der Waals surface area contributed by atoms with Crippen LogP contribution in [0.3, 0.4) is 0 Å². The lowest BCUT2D eigenvalue weighted by Crippen LogP contribution is -2.59. The molecule has 0 bridgehead atoms. The first-order chi connectivity index (χ1) is 12.7. The van der Waals surface area contributed by atoms with Crippen LogP contribution < -0.4 is 11.2 Å². The van der Waals surface area contributed by atoms with Gasteiger partial charge in [-0.25, -0.2) is 0 Å². The highest BCUT2D eigenvalue weighted by Crippen LogP contribution is 2.24. The third kappa shape index (κ3) is 4.54. The van der Waals surface area contributed by atoms with Crippen LogP contribution in [0.1, 0.15) is 27.8 Å². The Hall–Kier alpha value is -0.995. The highest BCUT2D eigenvalue weighted by molar-refractivity contribution is 6.62. The van der Waals surface area contributed by atoms with E-state index in [9.17, 15) is 15.3 Å². The van der Waals surface area contributed by atoms with E-state index in [1.54, 1.807) is 7.05 Å². The van der Waals surface area contributed by atoms with Crippen molar-refractivity contribution < 1.29 is 24.6 Å². The summed E-state index contributed by atoms with van der Waals surface area (Å²) < 4.78 is 11.7. The van der Waals surface area contributed by atoms with Gasteiger partial charge in [0.15, 0.2) is 0 Å². The summed E-state index contributed by atoms with van der Waals surface area (Å²) in [4.78, 5) is 0. The van der Waals surface area contributed by atoms with Crippen molar-refractivity contribution >= 4 is 12.6 Å². The van der Waals surface area contributed by atoms with Crippen LogP contribution in [0.4, 0.5) is 0 Å². The standard InChI is InChI=1S/C19H32BN2O5/c1-10-12(3)17(13(4)11(2)14(10)6-7-21)20-26-9-16(24)19(27-20)18(25)15(23)8-22-5/h15-16,18-19,23-25H,6-9,21H2,1-5H3/q-1/t15-,16+,18+,19+/m0/s1. The van der Waals surface area contributed by atoms with Crippen LogP contribution in [0, 0.1) is 27.7 Å². The lowest BCUT2D eigenvalue weighted by molar-refractivity contribution is -0.126. The second kappa shape index (κ2) is 9.47. The van der Waals surface area contributed by atoms with Gasteiger partial charge in [-0.3, -0.25) is 0 Å². The minimum absolute atomic E-state index is 0.0178. The Balaban J connectivity index is 2.35. The van der Waals surface area contributed by atoms with Crippen LogP contribution in [-0.4, -0.2) is 73.6 Å². The molecule has 8 heteroatoms. The summed E-state index contributed by atoms with van der Waals surface area (Å²) in [5.41, 5.74) is 12.3. The molecule has 1 saturated heterocycles. The third-order valence-electron chi connectivity index (χ3n) is 5.65. The summed E-state index contributed by atoms with van der Waals surface area (Å²) >= 11 is 0. The first kappa shape index (κ1) is 22.3. The molecule has 1 aromatic rings. The first-order valence-electron chi connectivity index (χ1n) is 9.40. The predicted molar refractivity (Wildman–Crippen MR) is 107 cm³/mol. The topological polar surface area (TPSA) is 119 Å². The molecule has 7 nitrogen and oxygen atoms in total. The first-order valence-corrected chi connectivity index (χ1v) is 9.40. The van der Waals surface area contributed by atoms with E-state index in [1.807, 2.05) is 13.8 Å². The van der Waals surface area contributed by atoms with Gasteiger partial charge in [0.25, 0.3) is 0 Å². The molecule has 27 heavy (non-hydrogen) atoms. The van der Waals surface area contributed by atoms with E-state index < -0.39 is 31.5 Å². The molecule has 0 unspecified atom stereocenters. The third-order valence-corrected chi connectivity index (χ3v) is 5.65. The van der Waals surface area contributed by atoms with Crippen LogP contribution in [0.15, 0.2) is 0 Å². The Morgan fingerprint density at radius 1 is 1.15 bits per heavy atom. The van der Waals surface area contributed by atoms with Crippen LogP contribution in [0.5, 0.6) is 0 Å². The van der Waals surface area contributed by atoms with Gasteiger partial charge in [-0.15, -0.1) is 6.54 Å². The van der Waals surface area contributed by atoms with E-state index in [-0.39, 0.29) is 13.2 Å². The van der Waals surface area contributed by atoms with Crippen molar-refractivity contribution in [3.63, 3.8) is 0 Å². The second-order valence-electron chi connectivity index (χ2n) is 7.32. The maximum Gasteiger partial charge on any atom is 0.494 e. The zero-order valence-electron chi connectivity index (χ0n) is 16.9. The molecule has 0 amide bonds. The molecule has 1 aliphatic heterocycles. The Bertz CT molecular complexity index is 628. The average molecular weight is 379 g/mol. The van der Waals surface area contributed by atoms with Gasteiger partial charge in [-0.05, 0) is 73.9 Å². The zero-order chi connectivity index (χ0) is 20.3. The number of benzene rings is 1. The predicted octanol–water partition coefficient (Wildman–Crippen LogP) is -0.382. The summed E-state index contributed by atoms with van der Waals surface area (Å²) in [6, 6.07) is 0. The van der Waals surface area contributed by atoms with Crippen molar-refractivity contribution in [1.82, 2.24) is 0 Å². The zero-order valence-corrected chi connectivity index (χ0v) is 16.9. The number of hydrogen-bond donors (Lipinski definition) is 4. The van der Waals surface area contributed by atoms with Gasteiger partial charge in [0.2, 0.25) is 0 Å². The van der Waals surface area contributed by atoms with E-state index in [2.05, 4.69) is 19.2 Å². The summed E-state index contributed by atoms with van der Waals surface area (Å²) in [5, 5.41) is 34.5. The van der Waals surface area contributed by atoms with Gasteiger partial charge in [0.05, 0.1) is 18.8 Å². The lowest BCUT2D eigenvalue weighted by Gasteiger charge is -2.38. The van der Waals surface area contributed by atoms with Gasteiger partial charge in [-0.1, -0.05) is 0 Å². The fraction of sp³-hybridized carbons (Fsp3) is 0.684. The Kier molecular flexibility index (Phi) is 7.82. The van der Waals surface area contributed by atoms with E-state index in [0.717, 1.165) is 34.1 Å². The molecule has 0 spiro atoms. The largest absolute Gasteiger partial charge is 0.663 e. The number of aliphatic hydroxyl groups excluding tert-OH is 3. The van der Waals surface area contributed by atoms with Crippen LogP contribution in [0.25, 0.3) is 5.32 Å². The molecule has 5 N–H and O–H groups in total. The molecule has 1 heterocycles. The van der Waals surface area contributed by atoms with E-state index in [1.165, 1.54) is 5.56 Å². The average Bonchev–Trinajstić information content (AvgIpc) is 2.64. The summed E-state index contributed by atoms with van der Waals surface area (Å²) in [6.45, 7) is 8.83. The van der Waals surface area contributed by atoms with Crippen molar-refractivity contribution in [2.45, 2.75) is 58.5 Å². The molecule has 4 atom stereocenters. The quantitative estimate of drug-likeness (QED) is 0.480. The molecule has 2 rings (SSSR count). The number of rotatable bonds is 7. The van der Waals surface area contributed by atoms with Crippen molar-refractivity contribution in [3.05, 3.63) is 33.1 Å². The number of nitrogens with two attached hydrogens (primary N) is 1. The van der Waals surface area contributed by atoms with Gasteiger partial charge in [0.1, 0.15) is 12.2 Å². The fourth-order valence-electron chi connectivity index (χ4n) is 3.82. The van der Waals surface area contributed by atoms with Crippen LogP contribution >= 0.6 is 0 Å². The smallest absolute Gasteiger partial charge is 0.494 e. The molecule has 1 fully saturated rings. The van der Waals surface area contributed by atoms with Gasteiger partial charge >= 0.3 is 7.12 Å². The molecular weight excluding hydrogens is 347 g/mol. The van der Waals surface area contributed by atoms with Gasteiger partial charge in [-0.2, -0.15) is 7.05 Å². The second-order valence-corrected chi connectivity index (χ2v) is 7.32. The number of hydrogen-bond acceptors (Lipinski definition) is 6. The molecule has 152 valence electrons. The van der Waals surface area contributed by atoms with E-state index in [4.69, 9.17) is 15.0 Å². The fourth-order valence-corrected chi connectivity index (χ4v) is 3.82. The minimum Gasteiger partial charge on any atom is -0.663 e. The highest BCUT2D eigenvalue weighted by Gasteiger charge is 2.42. The van der Waals surface area contributed by atoms with Crippen molar-refractivity contribution in [1.29, 1.82) is 0 Å². The summed E-state index contributed by atoms with van der Waals surface area (Å²) in [7, 11) is 0.837. The summed E-state index contributed by atoms with van der Waals surface area (Å²) in [5.74, 6) is 0. The molecule has 1 aromatic carbocycles. The molecule has 0 aliphatic carbocycles. The van der Waals surface area contributed by atoms with Crippen LogP contribution in [-0.2, 0) is 15.7 Å². The lowest BCUT2D eigenvalue weighted by atomic mass is 9.68. The Labute approximate surface area is 162 Å². The van der Waals surface area contributed by atoms with Gasteiger partial charge < -0.3 is 35.7 Å².